The van der Waals surface area contributed by atoms with E-state index in [2.05, 4.69) is 32.6 Å². The summed E-state index contributed by atoms with van der Waals surface area (Å²) < 4.78 is 2.26. The van der Waals surface area contributed by atoms with Crippen molar-refractivity contribution in [2.75, 3.05) is 33.2 Å². The lowest BCUT2D eigenvalue weighted by Gasteiger charge is -2.49. The summed E-state index contributed by atoms with van der Waals surface area (Å²) in [5, 5.41) is 0. The fourth-order valence-corrected chi connectivity index (χ4v) is 3.26. The molecule has 1 aromatic rings. The lowest BCUT2D eigenvalue weighted by molar-refractivity contribution is 0.0134. The summed E-state index contributed by atoms with van der Waals surface area (Å²) in [7, 11) is 2.20. The largest absolute Gasteiger partial charge is 0.333 e. The first-order chi connectivity index (χ1) is 8.73. The number of piperidine rings is 1. The van der Waals surface area contributed by atoms with Crippen LogP contribution in [0, 0.1) is 0 Å². The molecule has 2 aliphatic rings. The molecule has 0 aromatic carbocycles. The van der Waals surface area contributed by atoms with Gasteiger partial charge < -0.3 is 15.2 Å². The molecule has 0 saturated carbocycles. The second-order valence-electron chi connectivity index (χ2n) is 5.69. The molecular formula is C13H23N5. The van der Waals surface area contributed by atoms with Crippen LogP contribution in [0.4, 0.5) is 0 Å². The number of aromatic nitrogens is 2. The lowest BCUT2D eigenvalue weighted by atomic mass is 9.85. The smallest absolute Gasteiger partial charge is 0.122 e. The molecule has 0 atom stereocenters. The highest BCUT2D eigenvalue weighted by Crippen LogP contribution is 2.30. The van der Waals surface area contributed by atoms with Crippen molar-refractivity contribution in [3.05, 3.63) is 18.2 Å². The zero-order valence-corrected chi connectivity index (χ0v) is 11.2. The average Bonchev–Trinajstić information content (AvgIpc) is 2.87. The number of hydrogen-bond acceptors (Lipinski definition) is 4. The van der Waals surface area contributed by atoms with E-state index in [1.54, 1.807) is 0 Å². The second-order valence-corrected chi connectivity index (χ2v) is 5.69. The maximum Gasteiger partial charge on any atom is 0.122 e. The van der Waals surface area contributed by atoms with Gasteiger partial charge in [0.05, 0.1) is 6.54 Å². The molecule has 2 aliphatic heterocycles. The predicted octanol–water partition coefficient (Wildman–Crippen LogP) is 0.122. The Morgan fingerprint density at radius 2 is 2.06 bits per heavy atom. The molecule has 0 bridgehead atoms. The van der Waals surface area contributed by atoms with Gasteiger partial charge in [-0.15, -0.1) is 0 Å². The molecule has 1 fully saturated rings. The van der Waals surface area contributed by atoms with Crippen LogP contribution in [0.2, 0.25) is 0 Å². The molecule has 0 amide bonds. The molecule has 3 rings (SSSR count). The van der Waals surface area contributed by atoms with Crippen molar-refractivity contribution in [3.63, 3.8) is 0 Å². The maximum atomic E-state index is 6.12. The summed E-state index contributed by atoms with van der Waals surface area (Å²) in [6.07, 6.45) is 6.35. The molecule has 3 heterocycles. The van der Waals surface area contributed by atoms with Crippen LogP contribution in [0.5, 0.6) is 0 Å². The van der Waals surface area contributed by atoms with Gasteiger partial charge in [-0.1, -0.05) is 0 Å². The summed E-state index contributed by atoms with van der Waals surface area (Å²) >= 11 is 0. The van der Waals surface area contributed by atoms with E-state index in [1.807, 2.05) is 6.20 Å². The van der Waals surface area contributed by atoms with Crippen molar-refractivity contribution in [2.45, 2.75) is 31.5 Å². The topological polar surface area (TPSA) is 50.3 Å². The maximum absolute atomic E-state index is 6.12. The van der Waals surface area contributed by atoms with Gasteiger partial charge in [0.1, 0.15) is 5.82 Å². The van der Waals surface area contributed by atoms with Crippen LogP contribution >= 0.6 is 0 Å². The van der Waals surface area contributed by atoms with Crippen LogP contribution in [0.15, 0.2) is 12.4 Å². The SMILES string of the molecule is CN1CCC(CN)(N2CCn3ccnc3C2)CC1. The van der Waals surface area contributed by atoms with Gasteiger partial charge in [-0.05, 0) is 33.0 Å². The fraction of sp³-hybridized carbons (Fsp3) is 0.769. The van der Waals surface area contributed by atoms with Crippen LogP contribution in [-0.4, -0.2) is 58.1 Å². The molecule has 5 nitrogen and oxygen atoms in total. The van der Waals surface area contributed by atoms with E-state index in [9.17, 15) is 0 Å². The van der Waals surface area contributed by atoms with Gasteiger partial charge in [-0.3, -0.25) is 4.90 Å². The van der Waals surface area contributed by atoms with Crippen LogP contribution in [0.25, 0.3) is 0 Å². The molecule has 18 heavy (non-hydrogen) atoms. The standard InChI is InChI=1S/C13H23N5/c1-16-5-2-13(11-14,3-6-16)18-9-8-17-7-4-15-12(17)10-18/h4,7H,2-3,5-6,8-11,14H2,1H3. The van der Waals surface area contributed by atoms with Gasteiger partial charge in [0.15, 0.2) is 0 Å². The fourth-order valence-electron chi connectivity index (χ4n) is 3.26. The normalized spacial score (nSPS) is 25.0. The van der Waals surface area contributed by atoms with E-state index in [1.165, 1.54) is 18.7 Å². The molecule has 0 unspecified atom stereocenters. The first-order valence-electron chi connectivity index (χ1n) is 6.87. The van der Waals surface area contributed by atoms with E-state index >= 15 is 0 Å². The van der Waals surface area contributed by atoms with Crippen LogP contribution in [0.1, 0.15) is 18.7 Å². The first-order valence-corrected chi connectivity index (χ1v) is 6.87. The second kappa shape index (κ2) is 4.64. The minimum absolute atomic E-state index is 0.198. The summed E-state index contributed by atoms with van der Waals surface area (Å²) in [5.41, 5.74) is 6.32. The van der Waals surface area contributed by atoms with E-state index in [-0.39, 0.29) is 5.54 Å². The molecular weight excluding hydrogens is 226 g/mol. The Labute approximate surface area is 109 Å². The summed E-state index contributed by atoms with van der Waals surface area (Å²) in [5.74, 6) is 1.19. The van der Waals surface area contributed by atoms with Gasteiger partial charge in [-0.25, -0.2) is 4.98 Å². The van der Waals surface area contributed by atoms with E-state index in [0.29, 0.717) is 0 Å². The molecule has 1 saturated heterocycles. The Bertz CT molecular complexity index is 405. The van der Waals surface area contributed by atoms with Crippen molar-refractivity contribution >= 4 is 0 Å². The van der Waals surface area contributed by atoms with E-state index < -0.39 is 0 Å². The summed E-state index contributed by atoms with van der Waals surface area (Å²) in [6, 6.07) is 0. The zero-order chi connectivity index (χ0) is 12.6. The van der Waals surface area contributed by atoms with Gasteiger partial charge >= 0.3 is 0 Å². The Morgan fingerprint density at radius 3 is 2.78 bits per heavy atom. The minimum Gasteiger partial charge on any atom is -0.333 e. The van der Waals surface area contributed by atoms with Crippen molar-refractivity contribution in [3.8, 4) is 0 Å². The monoisotopic (exact) mass is 249 g/mol. The number of hydrogen-bond donors (Lipinski definition) is 1. The number of fused-ring (bicyclic) bond motifs is 1. The Balaban J connectivity index is 1.77. The number of rotatable bonds is 2. The zero-order valence-electron chi connectivity index (χ0n) is 11.2. The number of imidazole rings is 1. The first kappa shape index (κ1) is 12.1. The van der Waals surface area contributed by atoms with Gasteiger partial charge in [-0.2, -0.15) is 0 Å². The van der Waals surface area contributed by atoms with Crippen LogP contribution in [-0.2, 0) is 13.1 Å². The predicted molar refractivity (Wildman–Crippen MR) is 71.2 cm³/mol. The highest BCUT2D eigenvalue weighted by atomic mass is 15.3. The van der Waals surface area contributed by atoms with E-state index in [4.69, 9.17) is 5.73 Å². The van der Waals surface area contributed by atoms with Gasteiger partial charge in [0.25, 0.3) is 0 Å². The number of nitrogens with zero attached hydrogens (tertiary/aromatic N) is 4. The molecule has 1 aromatic heterocycles. The Morgan fingerprint density at radius 1 is 1.28 bits per heavy atom. The van der Waals surface area contributed by atoms with Crippen molar-refractivity contribution < 1.29 is 0 Å². The number of nitrogens with two attached hydrogens (primary N) is 1. The van der Waals surface area contributed by atoms with E-state index in [0.717, 1.165) is 39.3 Å². The third-order valence-corrected chi connectivity index (χ3v) is 4.71. The van der Waals surface area contributed by atoms with Crippen molar-refractivity contribution in [2.24, 2.45) is 5.73 Å². The summed E-state index contributed by atoms with van der Waals surface area (Å²) in [4.78, 5) is 9.43. The number of likely N-dealkylation sites (tertiary alicyclic amines) is 1. The van der Waals surface area contributed by atoms with Gasteiger partial charge in [0.2, 0.25) is 0 Å². The van der Waals surface area contributed by atoms with Crippen LogP contribution < -0.4 is 5.73 Å². The lowest BCUT2D eigenvalue weighted by Crippen LogP contribution is -2.60. The minimum atomic E-state index is 0.198. The van der Waals surface area contributed by atoms with Gasteiger partial charge in [0, 0.05) is 37.6 Å². The third kappa shape index (κ3) is 1.96. The Kier molecular flexibility index (Phi) is 3.13. The quantitative estimate of drug-likeness (QED) is 0.809. The Hall–Kier alpha value is -0.910. The van der Waals surface area contributed by atoms with Crippen molar-refractivity contribution in [1.29, 1.82) is 0 Å². The molecule has 2 N–H and O–H groups in total. The molecule has 0 aliphatic carbocycles. The highest BCUT2D eigenvalue weighted by molar-refractivity contribution is 5.02. The summed E-state index contributed by atoms with van der Waals surface area (Å²) in [6.45, 7) is 6.18. The van der Waals surface area contributed by atoms with Crippen LogP contribution in [0.3, 0.4) is 0 Å². The molecule has 0 spiro atoms. The van der Waals surface area contributed by atoms with Crippen molar-refractivity contribution in [1.82, 2.24) is 19.4 Å². The molecule has 100 valence electrons. The highest BCUT2D eigenvalue weighted by Gasteiger charge is 2.39. The third-order valence-electron chi connectivity index (χ3n) is 4.71. The molecule has 5 heteroatoms. The average molecular weight is 249 g/mol. The molecule has 0 radical (unpaired) electrons.